The summed E-state index contributed by atoms with van der Waals surface area (Å²) in [6.07, 6.45) is 4.56. The second kappa shape index (κ2) is 4.67. The average molecular weight is 234 g/mol. The van der Waals surface area contributed by atoms with Crippen LogP contribution in [0.2, 0.25) is 0 Å². The molecule has 0 amide bonds. The highest BCUT2D eigenvalue weighted by Crippen LogP contribution is 2.16. The first-order chi connectivity index (χ1) is 8.09. The summed E-state index contributed by atoms with van der Waals surface area (Å²) in [4.78, 5) is 6.42. The lowest BCUT2D eigenvalue weighted by Gasteiger charge is -2.19. The summed E-state index contributed by atoms with van der Waals surface area (Å²) < 4.78 is 1.94. The molecule has 2 rings (SSSR count). The van der Waals surface area contributed by atoms with Gasteiger partial charge in [-0.25, -0.2) is 4.98 Å². The molecule has 0 aliphatic rings. The first-order valence-corrected chi connectivity index (χ1v) is 5.72. The van der Waals surface area contributed by atoms with Crippen molar-refractivity contribution in [3.8, 4) is 0 Å². The summed E-state index contributed by atoms with van der Waals surface area (Å²) >= 11 is 0. The number of fused-ring (bicyclic) bond motifs is 1. The topological polar surface area (TPSA) is 72.3 Å². The monoisotopic (exact) mass is 234 g/mol. The molecule has 2 aromatic heterocycles. The SMILES string of the molecule is Cc1nnc2c(N(C)CCC(C)N)nccn12. The molecule has 0 saturated heterocycles. The number of aryl methyl sites for hydroxylation is 1. The molecule has 2 N–H and O–H groups in total. The van der Waals surface area contributed by atoms with Crippen molar-refractivity contribution in [2.45, 2.75) is 26.3 Å². The van der Waals surface area contributed by atoms with E-state index >= 15 is 0 Å². The maximum absolute atomic E-state index is 5.76. The lowest BCUT2D eigenvalue weighted by atomic mass is 10.2. The highest BCUT2D eigenvalue weighted by Gasteiger charge is 2.11. The Morgan fingerprint density at radius 1 is 1.47 bits per heavy atom. The van der Waals surface area contributed by atoms with E-state index in [1.165, 1.54) is 0 Å². The molecular formula is C11H18N6. The maximum atomic E-state index is 5.76. The second-order valence-corrected chi connectivity index (χ2v) is 4.38. The Bertz CT molecular complexity index is 504. The molecule has 1 atom stereocenters. The fourth-order valence-corrected chi connectivity index (χ4v) is 1.70. The highest BCUT2D eigenvalue weighted by atomic mass is 15.3. The van der Waals surface area contributed by atoms with Crippen molar-refractivity contribution in [1.82, 2.24) is 19.6 Å². The Morgan fingerprint density at radius 2 is 2.24 bits per heavy atom. The molecule has 2 heterocycles. The molecular weight excluding hydrogens is 216 g/mol. The predicted molar refractivity (Wildman–Crippen MR) is 67.1 cm³/mol. The summed E-state index contributed by atoms with van der Waals surface area (Å²) in [6, 6.07) is 0.191. The van der Waals surface area contributed by atoms with E-state index in [9.17, 15) is 0 Å². The summed E-state index contributed by atoms with van der Waals surface area (Å²) in [5.74, 6) is 1.71. The molecule has 2 aromatic rings. The summed E-state index contributed by atoms with van der Waals surface area (Å²) in [5.41, 5.74) is 6.54. The van der Waals surface area contributed by atoms with E-state index in [0.717, 1.165) is 30.3 Å². The third kappa shape index (κ3) is 2.36. The minimum absolute atomic E-state index is 0.191. The highest BCUT2D eigenvalue weighted by molar-refractivity contribution is 5.63. The number of nitrogens with two attached hydrogens (primary N) is 1. The Kier molecular flexibility index (Phi) is 3.23. The molecule has 1 unspecified atom stereocenters. The fraction of sp³-hybridized carbons (Fsp3) is 0.545. The molecule has 17 heavy (non-hydrogen) atoms. The molecule has 0 radical (unpaired) electrons. The van der Waals surface area contributed by atoms with Gasteiger partial charge in [0.25, 0.3) is 0 Å². The van der Waals surface area contributed by atoms with Crippen molar-refractivity contribution < 1.29 is 0 Å². The van der Waals surface area contributed by atoms with Crippen molar-refractivity contribution in [3.05, 3.63) is 18.2 Å². The van der Waals surface area contributed by atoms with Gasteiger partial charge < -0.3 is 10.6 Å². The van der Waals surface area contributed by atoms with Crippen molar-refractivity contribution in [3.63, 3.8) is 0 Å². The molecule has 92 valence electrons. The summed E-state index contributed by atoms with van der Waals surface area (Å²) in [5, 5.41) is 8.20. The van der Waals surface area contributed by atoms with Gasteiger partial charge in [-0.05, 0) is 20.3 Å². The number of aromatic nitrogens is 4. The van der Waals surface area contributed by atoms with E-state index in [4.69, 9.17) is 5.73 Å². The molecule has 0 fully saturated rings. The van der Waals surface area contributed by atoms with Gasteiger partial charge in [0.2, 0.25) is 5.65 Å². The summed E-state index contributed by atoms with van der Waals surface area (Å²) in [7, 11) is 1.99. The number of rotatable bonds is 4. The summed E-state index contributed by atoms with van der Waals surface area (Å²) in [6.45, 7) is 4.78. The van der Waals surface area contributed by atoms with Gasteiger partial charge in [0, 0.05) is 32.0 Å². The lowest BCUT2D eigenvalue weighted by Crippen LogP contribution is -2.26. The number of nitrogens with zero attached hydrogens (tertiary/aromatic N) is 5. The lowest BCUT2D eigenvalue weighted by molar-refractivity contribution is 0.656. The maximum Gasteiger partial charge on any atom is 0.203 e. The van der Waals surface area contributed by atoms with E-state index in [0.29, 0.717) is 0 Å². The van der Waals surface area contributed by atoms with E-state index in [-0.39, 0.29) is 6.04 Å². The van der Waals surface area contributed by atoms with Crippen LogP contribution >= 0.6 is 0 Å². The van der Waals surface area contributed by atoms with Gasteiger partial charge in [-0.2, -0.15) is 0 Å². The van der Waals surface area contributed by atoms with Gasteiger partial charge in [-0.3, -0.25) is 4.40 Å². The number of hydrogen-bond donors (Lipinski definition) is 1. The first kappa shape index (κ1) is 11.8. The van der Waals surface area contributed by atoms with E-state index in [1.54, 1.807) is 6.20 Å². The Hall–Kier alpha value is -1.69. The fourth-order valence-electron chi connectivity index (χ4n) is 1.70. The van der Waals surface area contributed by atoms with Crippen molar-refractivity contribution in [2.75, 3.05) is 18.5 Å². The number of anilines is 1. The molecule has 0 spiro atoms. The van der Waals surface area contributed by atoms with Gasteiger partial charge in [0.1, 0.15) is 5.82 Å². The molecule has 0 aliphatic heterocycles. The van der Waals surface area contributed by atoms with Crippen LogP contribution in [-0.2, 0) is 0 Å². The zero-order valence-electron chi connectivity index (χ0n) is 10.5. The van der Waals surface area contributed by atoms with E-state index in [2.05, 4.69) is 20.1 Å². The zero-order valence-corrected chi connectivity index (χ0v) is 10.5. The molecule has 0 aliphatic carbocycles. The van der Waals surface area contributed by atoms with Crippen LogP contribution in [0, 0.1) is 6.92 Å². The van der Waals surface area contributed by atoms with E-state index in [1.807, 2.05) is 31.5 Å². The van der Waals surface area contributed by atoms with Crippen LogP contribution in [0.3, 0.4) is 0 Å². The first-order valence-electron chi connectivity index (χ1n) is 5.72. The van der Waals surface area contributed by atoms with E-state index < -0.39 is 0 Å². The van der Waals surface area contributed by atoms with Crippen LogP contribution < -0.4 is 10.6 Å². The minimum atomic E-state index is 0.191. The predicted octanol–water partition coefficient (Wildman–Crippen LogP) is 0.606. The van der Waals surface area contributed by atoms with Crippen molar-refractivity contribution in [2.24, 2.45) is 5.73 Å². The molecule has 0 aromatic carbocycles. The smallest absolute Gasteiger partial charge is 0.203 e. The van der Waals surface area contributed by atoms with Gasteiger partial charge in [-0.15, -0.1) is 10.2 Å². The van der Waals surface area contributed by atoms with Gasteiger partial charge in [0.05, 0.1) is 0 Å². The van der Waals surface area contributed by atoms with Crippen LogP contribution in [0.1, 0.15) is 19.2 Å². The van der Waals surface area contributed by atoms with Crippen LogP contribution in [0.4, 0.5) is 5.82 Å². The van der Waals surface area contributed by atoms with Crippen molar-refractivity contribution in [1.29, 1.82) is 0 Å². The Morgan fingerprint density at radius 3 is 2.94 bits per heavy atom. The standard InChI is InChI=1S/C11H18N6/c1-8(12)4-6-16(3)10-11-15-14-9(2)17(11)7-5-13-10/h5,7-8H,4,6,12H2,1-3H3. The normalized spacial score (nSPS) is 12.9. The Balaban J connectivity index is 2.28. The quantitative estimate of drug-likeness (QED) is 0.839. The number of hydrogen-bond acceptors (Lipinski definition) is 5. The molecule has 6 nitrogen and oxygen atoms in total. The molecule has 0 bridgehead atoms. The minimum Gasteiger partial charge on any atom is -0.356 e. The third-order valence-electron chi connectivity index (χ3n) is 2.76. The van der Waals surface area contributed by atoms with Crippen LogP contribution in [-0.4, -0.2) is 39.2 Å². The average Bonchev–Trinajstić information content (AvgIpc) is 2.68. The second-order valence-electron chi connectivity index (χ2n) is 4.38. The van der Waals surface area contributed by atoms with Gasteiger partial charge in [-0.1, -0.05) is 0 Å². The van der Waals surface area contributed by atoms with Crippen molar-refractivity contribution >= 4 is 11.5 Å². The van der Waals surface area contributed by atoms with Crippen LogP contribution in [0.5, 0.6) is 0 Å². The van der Waals surface area contributed by atoms with Crippen LogP contribution in [0.15, 0.2) is 12.4 Å². The third-order valence-corrected chi connectivity index (χ3v) is 2.76. The zero-order chi connectivity index (χ0) is 12.4. The van der Waals surface area contributed by atoms with Gasteiger partial charge in [0.15, 0.2) is 5.82 Å². The Labute approximate surface area is 100 Å². The van der Waals surface area contributed by atoms with Gasteiger partial charge >= 0.3 is 0 Å². The molecule has 0 saturated carbocycles. The largest absolute Gasteiger partial charge is 0.356 e. The molecule has 6 heteroatoms. The van der Waals surface area contributed by atoms with Crippen LogP contribution in [0.25, 0.3) is 5.65 Å².